The molecule has 1 aromatic heterocycles. The molecule has 2 heterocycles. The molecule has 4 heteroatoms. The van der Waals surface area contributed by atoms with Crippen molar-refractivity contribution in [2.75, 3.05) is 13.1 Å². The molecule has 1 unspecified atom stereocenters. The van der Waals surface area contributed by atoms with Gasteiger partial charge in [0.2, 0.25) is 0 Å². The van der Waals surface area contributed by atoms with Crippen LogP contribution < -0.4 is 0 Å². The zero-order valence-corrected chi connectivity index (χ0v) is 10.9. The predicted octanol–water partition coefficient (Wildman–Crippen LogP) is 2.49. The van der Waals surface area contributed by atoms with E-state index in [1.807, 2.05) is 6.92 Å². The molecule has 0 aliphatic carbocycles. The number of hydrogen-bond acceptors (Lipinski definition) is 4. The fourth-order valence-corrected chi connectivity index (χ4v) is 3.28. The quantitative estimate of drug-likeness (QED) is 0.793. The predicted molar refractivity (Wildman–Crippen MR) is 65.8 cm³/mol. The van der Waals surface area contributed by atoms with Gasteiger partial charge in [-0.2, -0.15) is 0 Å². The van der Waals surface area contributed by atoms with E-state index < -0.39 is 0 Å². The standard InChI is InChI=1S/C12H18N2OS/c1-8-12(16-10(3)13-8)9(2)14-6-4-11(15)5-7-14/h9H,4-7H2,1-3H3. The highest BCUT2D eigenvalue weighted by Gasteiger charge is 2.24. The summed E-state index contributed by atoms with van der Waals surface area (Å²) in [7, 11) is 0. The Hall–Kier alpha value is -0.740. The zero-order valence-electron chi connectivity index (χ0n) is 10.1. The van der Waals surface area contributed by atoms with E-state index in [4.69, 9.17) is 0 Å². The zero-order chi connectivity index (χ0) is 11.7. The first-order valence-electron chi connectivity index (χ1n) is 5.77. The summed E-state index contributed by atoms with van der Waals surface area (Å²) in [5, 5.41) is 1.13. The summed E-state index contributed by atoms with van der Waals surface area (Å²) in [5.74, 6) is 0.403. The Balaban J connectivity index is 2.10. The number of thiazole rings is 1. The lowest BCUT2D eigenvalue weighted by atomic mass is 10.1. The number of aromatic nitrogens is 1. The minimum absolute atomic E-state index is 0.402. The SMILES string of the molecule is Cc1nc(C)c(C(C)N2CCC(=O)CC2)s1. The maximum absolute atomic E-state index is 11.2. The van der Waals surface area contributed by atoms with Crippen molar-refractivity contribution in [1.29, 1.82) is 0 Å². The first-order valence-corrected chi connectivity index (χ1v) is 6.59. The monoisotopic (exact) mass is 238 g/mol. The highest BCUT2D eigenvalue weighted by Crippen LogP contribution is 2.30. The lowest BCUT2D eigenvalue weighted by Gasteiger charge is -2.31. The first kappa shape index (κ1) is 11.7. The van der Waals surface area contributed by atoms with E-state index in [1.54, 1.807) is 11.3 Å². The number of ketones is 1. The number of carbonyl (C=O) groups excluding carboxylic acids is 1. The van der Waals surface area contributed by atoms with Gasteiger partial charge >= 0.3 is 0 Å². The average Bonchev–Trinajstić information content (AvgIpc) is 2.58. The van der Waals surface area contributed by atoms with E-state index in [0.717, 1.165) is 23.8 Å². The molecule has 1 saturated heterocycles. The number of aryl methyl sites for hydroxylation is 2. The second kappa shape index (κ2) is 4.63. The molecule has 1 aliphatic heterocycles. The van der Waals surface area contributed by atoms with Crippen LogP contribution in [-0.4, -0.2) is 28.8 Å². The van der Waals surface area contributed by atoms with Gasteiger partial charge in [-0.1, -0.05) is 0 Å². The van der Waals surface area contributed by atoms with Gasteiger partial charge in [-0.25, -0.2) is 4.98 Å². The molecule has 0 spiro atoms. The van der Waals surface area contributed by atoms with Crippen LogP contribution in [0.4, 0.5) is 0 Å². The molecule has 0 aromatic carbocycles. The van der Waals surface area contributed by atoms with Crippen molar-refractivity contribution in [2.24, 2.45) is 0 Å². The van der Waals surface area contributed by atoms with Crippen LogP contribution in [0.5, 0.6) is 0 Å². The van der Waals surface area contributed by atoms with E-state index in [9.17, 15) is 4.79 Å². The van der Waals surface area contributed by atoms with Crippen molar-refractivity contribution in [2.45, 2.75) is 39.7 Å². The van der Waals surface area contributed by atoms with Crippen molar-refractivity contribution in [3.05, 3.63) is 15.6 Å². The van der Waals surface area contributed by atoms with Crippen LogP contribution >= 0.6 is 11.3 Å². The van der Waals surface area contributed by atoms with E-state index in [1.165, 1.54) is 4.88 Å². The summed E-state index contributed by atoms with van der Waals surface area (Å²) < 4.78 is 0. The molecule has 1 fully saturated rings. The fraction of sp³-hybridized carbons (Fsp3) is 0.667. The molecule has 3 nitrogen and oxygen atoms in total. The highest BCUT2D eigenvalue weighted by molar-refractivity contribution is 7.11. The van der Waals surface area contributed by atoms with Crippen molar-refractivity contribution < 1.29 is 4.79 Å². The molecular formula is C12H18N2OS. The van der Waals surface area contributed by atoms with Gasteiger partial charge in [-0.15, -0.1) is 11.3 Å². The first-order chi connectivity index (χ1) is 7.58. The number of likely N-dealkylation sites (tertiary alicyclic amines) is 1. The van der Waals surface area contributed by atoms with Gasteiger partial charge in [-0.05, 0) is 20.8 Å². The summed E-state index contributed by atoms with van der Waals surface area (Å²) in [6.07, 6.45) is 1.42. The highest BCUT2D eigenvalue weighted by atomic mass is 32.1. The Morgan fingerprint density at radius 1 is 1.31 bits per heavy atom. The minimum Gasteiger partial charge on any atom is -0.300 e. The third-order valence-electron chi connectivity index (χ3n) is 3.22. The van der Waals surface area contributed by atoms with E-state index in [2.05, 4.69) is 23.7 Å². The molecule has 0 N–H and O–H groups in total. The van der Waals surface area contributed by atoms with Crippen LogP contribution in [-0.2, 0) is 4.79 Å². The average molecular weight is 238 g/mol. The van der Waals surface area contributed by atoms with Crippen LogP contribution in [0.2, 0.25) is 0 Å². The summed E-state index contributed by atoms with van der Waals surface area (Å²) in [5.41, 5.74) is 1.15. The second-order valence-corrected chi connectivity index (χ2v) is 5.67. The van der Waals surface area contributed by atoms with Crippen LogP contribution in [0, 0.1) is 13.8 Å². The molecule has 1 atom stereocenters. The lowest BCUT2D eigenvalue weighted by molar-refractivity contribution is -0.121. The normalized spacial score (nSPS) is 20.1. The number of carbonyl (C=O) groups is 1. The number of rotatable bonds is 2. The summed E-state index contributed by atoms with van der Waals surface area (Å²) in [4.78, 5) is 19.4. The molecule has 0 bridgehead atoms. The Bertz CT molecular complexity index is 390. The Labute approximate surface area is 100 Å². The van der Waals surface area contributed by atoms with Gasteiger partial charge in [0.05, 0.1) is 10.7 Å². The van der Waals surface area contributed by atoms with Gasteiger partial charge in [0.15, 0.2) is 0 Å². The Morgan fingerprint density at radius 2 is 1.94 bits per heavy atom. The molecule has 1 aliphatic rings. The van der Waals surface area contributed by atoms with E-state index in [0.29, 0.717) is 24.7 Å². The van der Waals surface area contributed by atoms with Crippen LogP contribution in [0.25, 0.3) is 0 Å². The molecule has 0 amide bonds. The summed E-state index contributed by atoms with van der Waals surface area (Å²) >= 11 is 1.78. The van der Waals surface area contributed by atoms with E-state index in [-0.39, 0.29) is 0 Å². The fourth-order valence-electron chi connectivity index (χ4n) is 2.26. The molecule has 0 radical (unpaired) electrons. The molecule has 88 valence electrons. The number of nitrogens with zero attached hydrogens (tertiary/aromatic N) is 2. The molecule has 1 aromatic rings. The minimum atomic E-state index is 0.402. The summed E-state index contributed by atoms with van der Waals surface area (Å²) in [6.45, 7) is 8.14. The van der Waals surface area contributed by atoms with Crippen molar-refractivity contribution in [1.82, 2.24) is 9.88 Å². The van der Waals surface area contributed by atoms with E-state index >= 15 is 0 Å². The largest absolute Gasteiger partial charge is 0.300 e. The van der Waals surface area contributed by atoms with Gasteiger partial charge < -0.3 is 0 Å². The van der Waals surface area contributed by atoms with Gasteiger partial charge in [0.1, 0.15) is 5.78 Å². The second-order valence-electron chi connectivity index (χ2n) is 4.43. The molecule has 2 rings (SSSR count). The van der Waals surface area contributed by atoms with Crippen molar-refractivity contribution in [3.63, 3.8) is 0 Å². The smallest absolute Gasteiger partial charge is 0.135 e. The van der Waals surface area contributed by atoms with Crippen LogP contribution in [0.15, 0.2) is 0 Å². The lowest BCUT2D eigenvalue weighted by Crippen LogP contribution is -2.35. The maximum Gasteiger partial charge on any atom is 0.135 e. The number of hydrogen-bond donors (Lipinski definition) is 0. The number of Topliss-reactive ketones (excluding diaryl/α,β-unsaturated/α-hetero) is 1. The van der Waals surface area contributed by atoms with Gasteiger partial charge in [-0.3, -0.25) is 9.69 Å². The van der Waals surface area contributed by atoms with Crippen molar-refractivity contribution >= 4 is 17.1 Å². The van der Waals surface area contributed by atoms with Gasteiger partial charge in [0.25, 0.3) is 0 Å². The Kier molecular flexibility index (Phi) is 3.40. The molecular weight excluding hydrogens is 220 g/mol. The van der Waals surface area contributed by atoms with Crippen LogP contribution in [0.1, 0.15) is 41.4 Å². The summed E-state index contributed by atoms with van der Waals surface area (Å²) in [6, 6.07) is 0.402. The van der Waals surface area contributed by atoms with Crippen molar-refractivity contribution in [3.8, 4) is 0 Å². The Morgan fingerprint density at radius 3 is 2.44 bits per heavy atom. The molecule has 0 saturated carbocycles. The maximum atomic E-state index is 11.2. The third kappa shape index (κ3) is 2.33. The topological polar surface area (TPSA) is 33.2 Å². The molecule has 16 heavy (non-hydrogen) atoms. The number of piperidine rings is 1. The third-order valence-corrected chi connectivity index (χ3v) is 4.47. The van der Waals surface area contributed by atoms with Crippen LogP contribution in [0.3, 0.4) is 0 Å². The van der Waals surface area contributed by atoms with Gasteiger partial charge in [0, 0.05) is 36.9 Å².